The molecule has 0 fully saturated rings. The molecule has 28 heavy (non-hydrogen) atoms. The van der Waals surface area contributed by atoms with Crippen LogP contribution in [0.2, 0.25) is 0 Å². The Morgan fingerprint density at radius 1 is 1.18 bits per heavy atom. The molecule has 0 saturated carbocycles. The number of hydrogen-bond donors (Lipinski definition) is 1. The van der Waals surface area contributed by atoms with Gasteiger partial charge in [-0.2, -0.15) is 5.26 Å². The van der Waals surface area contributed by atoms with Gasteiger partial charge in [-0.1, -0.05) is 53.4 Å². The molecule has 2 aromatic carbocycles. The molecule has 6 nitrogen and oxygen atoms in total. The van der Waals surface area contributed by atoms with E-state index in [0.717, 1.165) is 5.69 Å². The third-order valence-corrected chi connectivity index (χ3v) is 5.60. The summed E-state index contributed by atoms with van der Waals surface area (Å²) in [5, 5.41) is 20.7. The van der Waals surface area contributed by atoms with Gasteiger partial charge in [0.1, 0.15) is 5.82 Å². The zero-order valence-electron chi connectivity index (χ0n) is 14.7. The zero-order chi connectivity index (χ0) is 19.8. The van der Waals surface area contributed by atoms with Crippen LogP contribution in [0.15, 0.2) is 58.9 Å². The Balaban J connectivity index is 1.63. The topological polar surface area (TPSA) is 81.9 Å². The quantitative estimate of drug-likeness (QED) is 0.549. The van der Waals surface area contributed by atoms with E-state index in [2.05, 4.69) is 15.5 Å². The lowest BCUT2D eigenvalue weighted by molar-refractivity contribution is -0.116. The fraction of sp³-hybridized carbons (Fsp3) is 0.158. The van der Waals surface area contributed by atoms with Crippen molar-refractivity contribution in [1.29, 1.82) is 5.26 Å². The van der Waals surface area contributed by atoms with Gasteiger partial charge >= 0.3 is 0 Å². The number of rotatable bonds is 8. The number of halogens is 1. The Morgan fingerprint density at radius 2 is 1.93 bits per heavy atom. The number of nitriles is 1. The second-order valence-electron chi connectivity index (χ2n) is 5.56. The smallest absolute Gasteiger partial charge is 0.237 e. The second-order valence-corrected chi connectivity index (χ2v) is 7.76. The van der Waals surface area contributed by atoms with Crippen molar-refractivity contribution >= 4 is 45.5 Å². The minimum absolute atomic E-state index is 0.0692. The van der Waals surface area contributed by atoms with Gasteiger partial charge in [-0.25, -0.2) is 4.39 Å². The van der Waals surface area contributed by atoms with Crippen molar-refractivity contribution in [3.63, 3.8) is 0 Å². The number of benzene rings is 2. The van der Waals surface area contributed by atoms with E-state index < -0.39 is 5.82 Å². The van der Waals surface area contributed by atoms with E-state index in [9.17, 15) is 9.18 Å². The summed E-state index contributed by atoms with van der Waals surface area (Å²) < 4.78 is 14.7. The Morgan fingerprint density at radius 3 is 2.68 bits per heavy atom. The normalized spacial score (nSPS) is 10.3. The van der Waals surface area contributed by atoms with Crippen molar-refractivity contribution < 1.29 is 9.18 Å². The first kappa shape index (κ1) is 19.8. The van der Waals surface area contributed by atoms with Gasteiger partial charge in [0.2, 0.25) is 11.0 Å². The minimum atomic E-state index is -0.496. The van der Waals surface area contributed by atoms with Gasteiger partial charge in [0.05, 0.1) is 23.9 Å². The predicted molar refractivity (Wildman–Crippen MR) is 109 cm³/mol. The Hall–Kier alpha value is -2.96. The summed E-state index contributed by atoms with van der Waals surface area (Å²) in [4.78, 5) is 13.9. The Kier molecular flexibility index (Phi) is 6.94. The maximum atomic E-state index is 14.1. The fourth-order valence-electron chi connectivity index (χ4n) is 2.38. The van der Waals surface area contributed by atoms with Crippen LogP contribution in [0, 0.1) is 17.1 Å². The molecule has 0 aliphatic rings. The van der Waals surface area contributed by atoms with Crippen molar-refractivity contribution in [2.24, 2.45) is 0 Å². The Bertz CT molecular complexity index is 974. The number of nitrogens with zero attached hydrogens (tertiary/aromatic N) is 4. The number of para-hydroxylation sites is 2. The maximum Gasteiger partial charge on any atom is 0.237 e. The van der Waals surface area contributed by atoms with Gasteiger partial charge in [0.25, 0.3) is 0 Å². The van der Waals surface area contributed by atoms with Crippen LogP contribution in [0.25, 0.3) is 0 Å². The van der Waals surface area contributed by atoms with Crippen LogP contribution < -0.4 is 10.2 Å². The van der Waals surface area contributed by atoms with E-state index in [4.69, 9.17) is 5.26 Å². The van der Waals surface area contributed by atoms with Crippen LogP contribution in [-0.2, 0) is 4.79 Å². The molecule has 0 aliphatic heterocycles. The first-order chi connectivity index (χ1) is 13.7. The van der Waals surface area contributed by atoms with E-state index in [1.807, 2.05) is 36.4 Å². The molecular formula is C19H16FN5OS2. The van der Waals surface area contributed by atoms with Crippen molar-refractivity contribution in [2.45, 2.75) is 10.8 Å². The summed E-state index contributed by atoms with van der Waals surface area (Å²) in [7, 11) is 0. The lowest BCUT2D eigenvalue weighted by Crippen LogP contribution is -2.34. The molecule has 9 heteroatoms. The van der Waals surface area contributed by atoms with E-state index >= 15 is 0 Å². The lowest BCUT2D eigenvalue weighted by Gasteiger charge is -2.21. The molecule has 1 amide bonds. The van der Waals surface area contributed by atoms with E-state index in [1.165, 1.54) is 40.1 Å². The summed E-state index contributed by atoms with van der Waals surface area (Å²) in [6.45, 7) is 0.133. The number of anilines is 3. The fourth-order valence-corrected chi connectivity index (χ4v) is 4.03. The number of thioether (sulfide) groups is 1. The molecule has 0 atom stereocenters. The summed E-state index contributed by atoms with van der Waals surface area (Å²) in [5.41, 5.74) is 1.07. The molecule has 0 saturated heterocycles. The molecule has 0 radical (unpaired) electrons. The summed E-state index contributed by atoms with van der Waals surface area (Å²) in [5.74, 6) is -0.720. The maximum absolute atomic E-state index is 14.1. The van der Waals surface area contributed by atoms with Gasteiger partial charge in [-0.3, -0.25) is 4.79 Å². The second kappa shape index (κ2) is 9.82. The SMILES string of the molecule is N#CCCN(C(=O)CSc1nnc(Nc2ccccc2)s1)c1ccccc1F. The molecule has 1 heterocycles. The van der Waals surface area contributed by atoms with Crippen LogP contribution in [0.1, 0.15) is 6.42 Å². The number of hydrogen-bond acceptors (Lipinski definition) is 7. The number of carbonyl (C=O) groups excluding carboxylic acids is 1. The van der Waals surface area contributed by atoms with Gasteiger partial charge in [-0.15, -0.1) is 10.2 Å². The van der Waals surface area contributed by atoms with Crippen LogP contribution in [0.4, 0.5) is 20.9 Å². The molecule has 3 aromatic rings. The summed E-state index contributed by atoms with van der Waals surface area (Å²) in [6.07, 6.45) is 0.120. The van der Waals surface area contributed by atoms with Crippen molar-refractivity contribution in [3.05, 3.63) is 60.4 Å². The molecule has 0 unspecified atom stereocenters. The van der Waals surface area contributed by atoms with Crippen molar-refractivity contribution in [1.82, 2.24) is 10.2 Å². The third kappa shape index (κ3) is 5.28. The third-order valence-electron chi connectivity index (χ3n) is 3.64. The highest BCUT2D eigenvalue weighted by Gasteiger charge is 2.19. The zero-order valence-corrected chi connectivity index (χ0v) is 16.3. The lowest BCUT2D eigenvalue weighted by atomic mass is 10.2. The van der Waals surface area contributed by atoms with Crippen molar-refractivity contribution in [3.8, 4) is 6.07 Å². The molecule has 0 bridgehead atoms. The van der Waals surface area contributed by atoms with E-state index in [1.54, 1.807) is 12.1 Å². The minimum Gasteiger partial charge on any atom is -0.330 e. The molecule has 3 rings (SSSR count). The Labute approximate surface area is 170 Å². The highest BCUT2D eigenvalue weighted by atomic mass is 32.2. The highest BCUT2D eigenvalue weighted by molar-refractivity contribution is 8.01. The number of amides is 1. The van der Waals surface area contributed by atoms with E-state index in [-0.39, 0.29) is 30.3 Å². The van der Waals surface area contributed by atoms with Gasteiger partial charge in [-0.05, 0) is 24.3 Å². The van der Waals surface area contributed by atoms with Crippen molar-refractivity contribution in [2.75, 3.05) is 22.5 Å². The average molecular weight is 414 g/mol. The molecule has 1 N–H and O–H groups in total. The van der Waals surface area contributed by atoms with Gasteiger partial charge < -0.3 is 10.2 Å². The van der Waals surface area contributed by atoms with Crippen LogP contribution >= 0.6 is 23.1 Å². The highest BCUT2D eigenvalue weighted by Crippen LogP contribution is 2.28. The monoisotopic (exact) mass is 413 g/mol. The largest absolute Gasteiger partial charge is 0.330 e. The summed E-state index contributed by atoms with van der Waals surface area (Å²) >= 11 is 2.56. The molecular weight excluding hydrogens is 397 g/mol. The molecule has 1 aromatic heterocycles. The predicted octanol–water partition coefficient (Wildman–Crippen LogP) is 4.46. The number of carbonyl (C=O) groups is 1. The molecule has 142 valence electrons. The first-order valence-electron chi connectivity index (χ1n) is 8.37. The van der Waals surface area contributed by atoms with Crippen LogP contribution in [-0.4, -0.2) is 28.4 Å². The van der Waals surface area contributed by atoms with Gasteiger partial charge in [0.15, 0.2) is 4.34 Å². The van der Waals surface area contributed by atoms with Crippen LogP contribution in [0.3, 0.4) is 0 Å². The molecule has 0 aliphatic carbocycles. The standard InChI is InChI=1S/C19H16FN5OS2/c20-15-9-4-5-10-16(15)25(12-6-11-21)17(26)13-27-19-24-23-18(28-19)22-14-7-2-1-3-8-14/h1-5,7-10H,6,12-13H2,(H,22,23). The van der Waals surface area contributed by atoms with E-state index in [0.29, 0.717) is 9.47 Å². The van der Waals surface area contributed by atoms with Gasteiger partial charge in [0, 0.05) is 12.2 Å². The summed E-state index contributed by atoms with van der Waals surface area (Å²) in [6, 6.07) is 17.6. The molecule has 0 spiro atoms. The number of nitrogens with one attached hydrogen (secondary N) is 1. The first-order valence-corrected chi connectivity index (χ1v) is 10.2. The number of aromatic nitrogens is 2. The van der Waals surface area contributed by atoms with Crippen LogP contribution in [0.5, 0.6) is 0 Å². The average Bonchev–Trinajstić information content (AvgIpc) is 3.16.